The van der Waals surface area contributed by atoms with Gasteiger partial charge in [-0.1, -0.05) is 6.42 Å². The lowest BCUT2D eigenvalue weighted by atomic mass is 9.85. The van der Waals surface area contributed by atoms with E-state index in [1.54, 1.807) is 16.8 Å². The zero-order chi connectivity index (χ0) is 15.5. The van der Waals surface area contributed by atoms with E-state index < -0.39 is 0 Å². The first kappa shape index (κ1) is 14.7. The van der Waals surface area contributed by atoms with Crippen LogP contribution in [0.4, 0.5) is 5.69 Å². The predicted molar refractivity (Wildman–Crippen MR) is 84.3 cm³/mol. The fourth-order valence-corrected chi connectivity index (χ4v) is 2.76. The molecule has 1 heterocycles. The standard InChI is InChI=1S/C16H20N4O2/c1-19-11-14(10-17-9-12-3-2-4-12)16(18-19)13-5-7-15(8-6-13)20(21)22/h5-8,11-12,17H,2-4,9-10H2,1H3. The lowest BCUT2D eigenvalue weighted by Gasteiger charge is -2.25. The van der Waals surface area contributed by atoms with Crippen LogP contribution in [0.2, 0.25) is 0 Å². The number of hydrogen-bond donors (Lipinski definition) is 1. The highest BCUT2D eigenvalue weighted by molar-refractivity contribution is 5.64. The van der Waals surface area contributed by atoms with Crippen LogP contribution >= 0.6 is 0 Å². The summed E-state index contributed by atoms with van der Waals surface area (Å²) in [5, 5.41) is 18.7. The summed E-state index contributed by atoms with van der Waals surface area (Å²) in [4.78, 5) is 10.3. The van der Waals surface area contributed by atoms with Gasteiger partial charge in [0.05, 0.1) is 10.6 Å². The van der Waals surface area contributed by atoms with E-state index in [0.29, 0.717) is 0 Å². The van der Waals surface area contributed by atoms with Gasteiger partial charge in [0.1, 0.15) is 0 Å². The number of rotatable bonds is 6. The Labute approximate surface area is 129 Å². The van der Waals surface area contributed by atoms with E-state index in [-0.39, 0.29) is 10.6 Å². The number of nitro groups is 1. The summed E-state index contributed by atoms with van der Waals surface area (Å²) < 4.78 is 1.79. The minimum atomic E-state index is -0.386. The van der Waals surface area contributed by atoms with E-state index in [9.17, 15) is 10.1 Å². The first-order valence-electron chi connectivity index (χ1n) is 7.61. The van der Waals surface area contributed by atoms with E-state index >= 15 is 0 Å². The second kappa shape index (κ2) is 6.27. The van der Waals surface area contributed by atoms with Gasteiger partial charge >= 0.3 is 0 Å². The molecule has 0 amide bonds. The number of nitrogens with one attached hydrogen (secondary N) is 1. The van der Waals surface area contributed by atoms with Gasteiger partial charge in [0.25, 0.3) is 5.69 Å². The first-order chi connectivity index (χ1) is 10.6. The van der Waals surface area contributed by atoms with Crippen molar-refractivity contribution in [3.05, 3.63) is 46.1 Å². The van der Waals surface area contributed by atoms with Gasteiger partial charge in [0.2, 0.25) is 0 Å². The Morgan fingerprint density at radius 2 is 2.09 bits per heavy atom. The Hall–Kier alpha value is -2.21. The Balaban J connectivity index is 1.73. The van der Waals surface area contributed by atoms with E-state index in [4.69, 9.17) is 0 Å². The van der Waals surface area contributed by atoms with Gasteiger partial charge < -0.3 is 5.32 Å². The second-order valence-corrected chi connectivity index (χ2v) is 5.91. The third-order valence-corrected chi connectivity index (χ3v) is 4.23. The van der Waals surface area contributed by atoms with Crippen LogP contribution in [0.25, 0.3) is 11.3 Å². The second-order valence-electron chi connectivity index (χ2n) is 5.91. The summed E-state index contributed by atoms with van der Waals surface area (Å²) >= 11 is 0. The summed E-state index contributed by atoms with van der Waals surface area (Å²) in [7, 11) is 1.89. The largest absolute Gasteiger partial charge is 0.312 e. The molecule has 116 valence electrons. The number of nitrogens with zero attached hydrogens (tertiary/aromatic N) is 3. The fraction of sp³-hybridized carbons (Fsp3) is 0.438. The molecule has 1 aliphatic carbocycles. The van der Waals surface area contributed by atoms with Crippen molar-refractivity contribution in [1.82, 2.24) is 15.1 Å². The molecule has 0 atom stereocenters. The molecule has 6 heteroatoms. The van der Waals surface area contributed by atoms with Crippen molar-refractivity contribution in [2.45, 2.75) is 25.8 Å². The summed E-state index contributed by atoms with van der Waals surface area (Å²) in [5.74, 6) is 0.819. The molecule has 0 saturated heterocycles. The van der Waals surface area contributed by atoms with E-state index in [2.05, 4.69) is 10.4 Å². The minimum Gasteiger partial charge on any atom is -0.312 e. The number of aromatic nitrogens is 2. The average molecular weight is 300 g/mol. The Morgan fingerprint density at radius 1 is 1.36 bits per heavy atom. The molecule has 0 spiro atoms. The first-order valence-corrected chi connectivity index (χ1v) is 7.61. The van der Waals surface area contributed by atoms with Gasteiger partial charge in [0.15, 0.2) is 0 Å². The van der Waals surface area contributed by atoms with Crippen LogP contribution in [0.3, 0.4) is 0 Å². The molecule has 2 aromatic rings. The molecule has 0 aliphatic heterocycles. The zero-order valence-corrected chi connectivity index (χ0v) is 12.7. The van der Waals surface area contributed by atoms with Crippen molar-refractivity contribution in [3.63, 3.8) is 0 Å². The van der Waals surface area contributed by atoms with Crippen LogP contribution < -0.4 is 5.32 Å². The Bertz CT molecular complexity index is 659. The maximum atomic E-state index is 10.7. The third-order valence-electron chi connectivity index (χ3n) is 4.23. The molecule has 1 aliphatic rings. The molecule has 1 aromatic heterocycles. The monoisotopic (exact) mass is 300 g/mol. The number of hydrogen-bond acceptors (Lipinski definition) is 4. The topological polar surface area (TPSA) is 73.0 Å². The lowest BCUT2D eigenvalue weighted by Crippen LogP contribution is -2.26. The minimum absolute atomic E-state index is 0.101. The van der Waals surface area contributed by atoms with Crippen molar-refractivity contribution >= 4 is 5.69 Å². The maximum absolute atomic E-state index is 10.7. The molecule has 0 radical (unpaired) electrons. The van der Waals surface area contributed by atoms with Gasteiger partial charge in [0, 0.05) is 43.0 Å². The third kappa shape index (κ3) is 3.17. The fourth-order valence-electron chi connectivity index (χ4n) is 2.76. The summed E-state index contributed by atoms with van der Waals surface area (Å²) in [6.07, 6.45) is 6.02. The Morgan fingerprint density at radius 3 is 2.68 bits per heavy atom. The van der Waals surface area contributed by atoms with Gasteiger partial charge in [-0.2, -0.15) is 5.10 Å². The van der Waals surface area contributed by atoms with Crippen LogP contribution in [0.1, 0.15) is 24.8 Å². The molecule has 6 nitrogen and oxygen atoms in total. The van der Waals surface area contributed by atoms with Crippen molar-refractivity contribution in [3.8, 4) is 11.3 Å². The molecule has 1 saturated carbocycles. The van der Waals surface area contributed by atoms with E-state index in [1.807, 2.05) is 13.2 Å². The van der Waals surface area contributed by atoms with Crippen molar-refractivity contribution < 1.29 is 4.92 Å². The highest BCUT2D eigenvalue weighted by Gasteiger charge is 2.17. The van der Waals surface area contributed by atoms with Gasteiger partial charge in [-0.25, -0.2) is 0 Å². The number of aryl methyl sites for hydroxylation is 1. The molecule has 3 rings (SSSR count). The van der Waals surface area contributed by atoms with Gasteiger partial charge in [-0.3, -0.25) is 14.8 Å². The summed E-state index contributed by atoms with van der Waals surface area (Å²) in [6.45, 7) is 1.82. The van der Waals surface area contributed by atoms with Gasteiger partial charge in [-0.15, -0.1) is 0 Å². The molecule has 1 N–H and O–H groups in total. The van der Waals surface area contributed by atoms with Crippen LogP contribution in [-0.2, 0) is 13.6 Å². The molecule has 1 fully saturated rings. The molecule has 22 heavy (non-hydrogen) atoms. The molecule has 0 bridgehead atoms. The molecule has 1 aromatic carbocycles. The zero-order valence-electron chi connectivity index (χ0n) is 12.7. The highest BCUT2D eigenvalue weighted by Crippen LogP contribution is 2.26. The summed E-state index contributed by atoms with van der Waals surface area (Å²) in [6, 6.07) is 6.57. The SMILES string of the molecule is Cn1cc(CNCC2CCC2)c(-c2ccc([N+](=O)[O-])cc2)n1. The normalized spacial score (nSPS) is 14.8. The van der Waals surface area contributed by atoms with Crippen LogP contribution in [-0.4, -0.2) is 21.2 Å². The van der Waals surface area contributed by atoms with Crippen molar-refractivity contribution in [2.24, 2.45) is 13.0 Å². The van der Waals surface area contributed by atoms with Crippen LogP contribution in [0, 0.1) is 16.0 Å². The summed E-state index contributed by atoms with van der Waals surface area (Å²) in [5.41, 5.74) is 3.02. The Kier molecular flexibility index (Phi) is 4.20. The molecular formula is C16H20N4O2. The quantitative estimate of drug-likeness (QED) is 0.657. The molecular weight excluding hydrogens is 280 g/mol. The maximum Gasteiger partial charge on any atom is 0.269 e. The van der Waals surface area contributed by atoms with Crippen LogP contribution in [0.5, 0.6) is 0 Å². The van der Waals surface area contributed by atoms with Gasteiger partial charge in [-0.05, 0) is 37.4 Å². The number of nitro benzene ring substituents is 1. The van der Waals surface area contributed by atoms with Crippen molar-refractivity contribution in [1.29, 1.82) is 0 Å². The van der Waals surface area contributed by atoms with Crippen molar-refractivity contribution in [2.75, 3.05) is 6.54 Å². The smallest absolute Gasteiger partial charge is 0.269 e. The highest BCUT2D eigenvalue weighted by atomic mass is 16.6. The number of non-ortho nitro benzene ring substituents is 1. The average Bonchev–Trinajstić information content (AvgIpc) is 2.83. The van der Waals surface area contributed by atoms with E-state index in [1.165, 1.54) is 31.4 Å². The molecule has 0 unspecified atom stereocenters. The van der Waals surface area contributed by atoms with E-state index in [0.717, 1.165) is 35.8 Å². The van der Waals surface area contributed by atoms with Crippen LogP contribution in [0.15, 0.2) is 30.5 Å². The predicted octanol–water partition coefficient (Wildman–Crippen LogP) is 2.89. The lowest BCUT2D eigenvalue weighted by molar-refractivity contribution is -0.384. The number of benzene rings is 1.